The van der Waals surface area contributed by atoms with Gasteiger partial charge in [-0.2, -0.15) is 10.1 Å². The molecule has 1 aliphatic carbocycles. The third kappa shape index (κ3) is 2.00. The Hall–Kier alpha value is -1.91. The van der Waals surface area contributed by atoms with Crippen molar-refractivity contribution in [3.8, 4) is 11.8 Å². The normalized spacial score (nSPS) is 16.5. The van der Waals surface area contributed by atoms with E-state index in [1.165, 1.54) is 12.8 Å². The lowest BCUT2D eigenvalue weighted by molar-refractivity contribution is 0.445. The van der Waals surface area contributed by atoms with Gasteiger partial charge in [0.1, 0.15) is 0 Å². The fraction of sp³-hybridized carbons (Fsp3) is 0.417. The first-order valence-corrected chi connectivity index (χ1v) is 5.83. The van der Waals surface area contributed by atoms with Crippen LogP contribution in [-0.2, 0) is 0 Å². The van der Waals surface area contributed by atoms with E-state index in [1.54, 1.807) is 23.1 Å². The molecule has 1 N–H and O–H groups in total. The molecule has 0 bridgehead atoms. The van der Waals surface area contributed by atoms with Gasteiger partial charge >= 0.3 is 0 Å². The molecule has 2 aromatic heterocycles. The van der Waals surface area contributed by atoms with E-state index in [2.05, 4.69) is 21.1 Å². The van der Waals surface area contributed by atoms with Gasteiger partial charge in [-0.05, 0) is 18.9 Å². The number of aromatic nitrogens is 4. The van der Waals surface area contributed by atoms with Gasteiger partial charge in [0.25, 0.3) is 5.95 Å². The number of hydrogen-bond acceptors (Lipinski definition) is 4. The predicted octanol–water partition coefficient (Wildman–Crippen LogP) is 1.83. The zero-order valence-corrected chi connectivity index (χ0v) is 9.37. The number of nitrogens with zero attached hydrogens (tertiary/aromatic N) is 4. The van der Waals surface area contributed by atoms with Crippen molar-refractivity contribution in [1.82, 2.24) is 19.7 Å². The molecule has 1 radical (unpaired) electrons. The third-order valence-corrected chi connectivity index (χ3v) is 3.12. The average molecular weight is 229 g/mol. The molecule has 2 aromatic rings. The average Bonchev–Trinajstić information content (AvgIpc) is 3.02. The van der Waals surface area contributed by atoms with Gasteiger partial charge in [0, 0.05) is 18.3 Å². The van der Waals surface area contributed by atoms with Gasteiger partial charge in [0.2, 0.25) is 5.88 Å². The van der Waals surface area contributed by atoms with Crippen LogP contribution in [-0.4, -0.2) is 24.9 Å². The summed E-state index contributed by atoms with van der Waals surface area (Å²) >= 11 is 0. The molecule has 0 unspecified atom stereocenters. The molecule has 87 valence electrons. The minimum absolute atomic E-state index is 0.104. The first-order valence-electron chi connectivity index (χ1n) is 5.83. The molecule has 1 aliphatic rings. The van der Waals surface area contributed by atoms with Crippen LogP contribution in [0, 0.1) is 6.07 Å². The summed E-state index contributed by atoms with van der Waals surface area (Å²) in [6, 6.07) is 4.64. The van der Waals surface area contributed by atoms with Gasteiger partial charge in [-0.1, -0.05) is 12.8 Å². The molecule has 1 saturated carbocycles. The Morgan fingerprint density at radius 3 is 2.82 bits per heavy atom. The summed E-state index contributed by atoms with van der Waals surface area (Å²) in [6.07, 6.45) is 8.09. The molecular formula is C12H13N4O. The lowest BCUT2D eigenvalue weighted by atomic mass is 10.0. The van der Waals surface area contributed by atoms with E-state index < -0.39 is 0 Å². The number of rotatable bonds is 2. The maximum Gasteiger partial charge on any atom is 0.254 e. The molecular weight excluding hydrogens is 216 g/mol. The molecule has 0 spiro atoms. The summed E-state index contributed by atoms with van der Waals surface area (Å²) in [7, 11) is 0. The fourth-order valence-corrected chi connectivity index (χ4v) is 2.28. The first kappa shape index (κ1) is 10.3. The molecule has 5 nitrogen and oxygen atoms in total. The highest BCUT2D eigenvalue weighted by Gasteiger charge is 2.20. The maximum absolute atomic E-state index is 9.61. The zero-order chi connectivity index (χ0) is 11.7. The molecule has 0 saturated heterocycles. The minimum Gasteiger partial charge on any atom is -0.493 e. The molecule has 0 aromatic carbocycles. The smallest absolute Gasteiger partial charge is 0.254 e. The molecule has 3 rings (SSSR count). The van der Waals surface area contributed by atoms with Crippen LogP contribution in [0.15, 0.2) is 18.5 Å². The van der Waals surface area contributed by atoms with E-state index in [1.807, 2.05) is 0 Å². The Bertz CT molecular complexity index is 503. The quantitative estimate of drug-likeness (QED) is 0.853. The van der Waals surface area contributed by atoms with E-state index in [-0.39, 0.29) is 5.88 Å². The Balaban J connectivity index is 2.00. The van der Waals surface area contributed by atoms with E-state index in [0.717, 1.165) is 18.5 Å². The number of hydrogen-bond donors (Lipinski definition) is 1. The van der Waals surface area contributed by atoms with Crippen molar-refractivity contribution in [3.05, 3.63) is 30.2 Å². The van der Waals surface area contributed by atoms with Crippen LogP contribution in [0.3, 0.4) is 0 Å². The Morgan fingerprint density at radius 2 is 2.12 bits per heavy atom. The van der Waals surface area contributed by atoms with E-state index >= 15 is 0 Å². The first-order chi connectivity index (χ1) is 8.33. The van der Waals surface area contributed by atoms with E-state index in [4.69, 9.17) is 0 Å². The van der Waals surface area contributed by atoms with Crippen LogP contribution in [0.4, 0.5) is 0 Å². The molecule has 0 atom stereocenters. The standard InChI is InChI=1S/C12H13N4O/c17-11-8-10(9-4-1-2-5-9)14-12(15-11)16-7-3-6-13-16/h3,6-7,9H,1-2,4-5H2,(H,14,15,17). The van der Waals surface area contributed by atoms with Crippen LogP contribution in [0.5, 0.6) is 5.88 Å². The van der Waals surface area contributed by atoms with Crippen LogP contribution in [0.1, 0.15) is 37.3 Å². The highest BCUT2D eigenvalue weighted by atomic mass is 16.3. The Morgan fingerprint density at radius 1 is 1.29 bits per heavy atom. The lowest BCUT2D eigenvalue weighted by Crippen LogP contribution is -2.06. The third-order valence-electron chi connectivity index (χ3n) is 3.12. The predicted molar refractivity (Wildman–Crippen MR) is 60.9 cm³/mol. The van der Waals surface area contributed by atoms with Crippen molar-refractivity contribution in [2.75, 3.05) is 0 Å². The van der Waals surface area contributed by atoms with Crippen molar-refractivity contribution in [2.24, 2.45) is 0 Å². The van der Waals surface area contributed by atoms with Crippen molar-refractivity contribution in [3.63, 3.8) is 0 Å². The van der Waals surface area contributed by atoms with Crippen molar-refractivity contribution < 1.29 is 5.11 Å². The van der Waals surface area contributed by atoms with Gasteiger partial charge in [0.15, 0.2) is 0 Å². The molecule has 5 heteroatoms. The van der Waals surface area contributed by atoms with Crippen LogP contribution in [0.2, 0.25) is 0 Å². The zero-order valence-electron chi connectivity index (χ0n) is 9.37. The molecule has 0 amide bonds. The summed E-state index contributed by atoms with van der Waals surface area (Å²) < 4.78 is 1.55. The van der Waals surface area contributed by atoms with Gasteiger partial charge in [-0.25, -0.2) is 9.67 Å². The van der Waals surface area contributed by atoms with E-state index in [9.17, 15) is 5.11 Å². The van der Waals surface area contributed by atoms with Gasteiger partial charge < -0.3 is 5.11 Å². The lowest BCUT2D eigenvalue weighted by Gasteiger charge is -2.09. The van der Waals surface area contributed by atoms with Crippen molar-refractivity contribution in [2.45, 2.75) is 31.6 Å². The number of aromatic hydroxyl groups is 1. The van der Waals surface area contributed by atoms with E-state index in [0.29, 0.717) is 11.9 Å². The van der Waals surface area contributed by atoms with Crippen molar-refractivity contribution in [1.29, 1.82) is 0 Å². The second-order valence-electron chi connectivity index (χ2n) is 4.29. The molecule has 17 heavy (non-hydrogen) atoms. The SMILES string of the molecule is Oc1[c]c(C2CCCC2)nc(-n2cccn2)n1. The maximum atomic E-state index is 9.61. The van der Waals surface area contributed by atoms with Gasteiger partial charge in [-0.15, -0.1) is 0 Å². The van der Waals surface area contributed by atoms with Crippen LogP contribution >= 0.6 is 0 Å². The monoisotopic (exact) mass is 229 g/mol. The highest BCUT2D eigenvalue weighted by molar-refractivity contribution is 5.23. The van der Waals surface area contributed by atoms with Crippen LogP contribution < -0.4 is 0 Å². The van der Waals surface area contributed by atoms with Crippen molar-refractivity contribution >= 4 is 0 Å². The summed E-state index contributed by atoms with van der Waals surface area (Å²) in [6.45, 7) is 0. The Kier molecular flexibility index (Phi) is 2.51. The molecule has 2 heterocycles. The largest absolute Gasteiger partial charge is 0.493 e. The second-order valence-corrected chi connectivity index (χ2v) is 4.29. The summed E-state index contributed by atoms with van der Waals surface area (Å²) in [4.78, 5) is 8.37. The Labute approximate surface area is 99.1 Å². The fourth-order valence-electron chi connectivity index (χ4n) is 2.28. The molecule has 1 fully saturated rings. The summed E-state index contributed by atoms with van der Waals surface area (Å²) in [5.74, 6) is 0.707. The summed E-state index contributed by atoms with van der Waals surface area (Å²) in [5, 5.41) is 13.7. The van der Waals surface area contributed by atoms with Gasteiger partial charge in [-0.3, -0.25) is 0 Å². The van der Waals surface area contributed by atoms with Gasteiger partial charge in [0.05, 0.1) is 11.8 Å². The highest BCUT2D eigenvalue weighted by Crippen LogP contribution is 2.33. The topological polar surface area (TPSA) is 63.8 Å². The minimum atomic E-state index is -0.104. The summed E-state index contributed by atoms with van der Waals surface area (Å²) in [5.41, 5.74) is 0.806. The molecule has 0 aliphatic heterocycles. The second kappa shape index (κ2) is 4.16. The van der Waals surface area contributed by atoms with Crippen LogP contribution in [0.25, 0.3) is 5.95 Å².